The summed E-state index contributed by atoms with van der Waals surface area (Å²) in [5.74, 6) is 0.128. The average Bonchev–Trinajstić information content (AvgIpc) is 2.42. The molecule has 0 radical (unpaired) electrons. The van der Waals surface area contributed by atoms with Gasteiger partial charge in [0.05, 0.1) is 11.1 Å². The SMILES string of the molecule is O=c1[nH]ccc2cc(NC3CCNCC3)c(O)cc12. The Bertz CT molecular complexity index is 645. The average molecular weight is 259 g/mol. The summed E-state index contributed by atoms with van der Waals surface area (Å²) in [6, 6.07) is 5.56. The zero-order chi connectivity index (χ0) is 13.2. The molecule has 1 saturated heterocycles. The number of aromatic nitrogens is 1. The third-order valence-corrected chi connectivity index (χ3v) is 3.59. The summed E-state index contributed by atoms with van der Waals surface area (Å²) in [5, 5.41) is 18.0. The number of hydrogen-bond acceptors (Lipinski definition) is 4. The highest BCUT2D eigenvalue weighted by atomic mass is 16.3. The van der Waals surface area contributed by atoms with Gasteiger partial charge in [-0.15, -0.1) is 0 Å². The predicted octanol–water partition coefficient (Wildman–Crippen LogP) is 1.40. The summed E-state index contributed by atoms with van der Waals surface area (Å²) >= 11 is 0. The van der Waals surface area contributed by atoms with Crippen molar-refractivity contribution < 1.29 is 5.11 Å². The van der Waals surface area contributed by atoms with E-state index in [1.165, 1.54) is 6.07 Å². The quantitative estimate of drug-likeness (QED) is 0.615. The first kappa shape index (κ1) is 12.0. The minimum atomic E-state index is -0.179. The molecule has 19 heavy (non-hydrogen) atoms. The number of phenols is 1. The van der Waals surface area contributed by atoms with Crippen LogP contribution < -0.4 is 16.2 Å². The van der Waals surface area contributed by atoms with Gasteiger partial charge in [0, 0.05) is 12.2 Å². The van der Waals surface area contributed by atoms with E-state index in [0.717, 1.165) is 31.3 Å². The van der Waals surface area contributed by atoms with Crippen molar-refractivity contribution in [1.82, 2.24) is 10.3 Å². The molecular formula is C14H17N3O2. The molecule has 0 saturated carbocycles. The molecule has 0 spiro atoms. The third kappa shape index (κ3) is 2.42. The van der Waals surface area contributed by atoms with E-state index in [9.17, 15) is 9.90 Å². The Morgan fingerprint density at radius 2 is 2.05 bits per heavy atom. The largest absolute Gasteiger partial charge is 0.506 e. The minimum absolute atomic E-state index is 0.128. The molecule has 0 amide bonds. The van der Waals surface area contributed by atoms with E-state index in [-0.39, 0.29) is 11.3 Å². The van der Waals surface area contributed by atoms with Gasteiger partial charge >= 0.3 is 0 Å². The van der Waals surface area contributed by atoms with Crippen LogP contribution in [0.4, 0.5) is 5.69 Å². The number of nitrogens with one attached hydrogen (secondary N) is 3. The van der Waals surface area contributed by atoms with Crippen LogP contribution in [0.25, 0.3) is 10.8 Å². The molecule has 4 N–H and O–H groups in total. The Kier molecular flexibility index (Phi) is 3.13. The Morgan fingerprint density at radius 1 is 1.26 bits per heavy atom. The Hall–Kier alpha value is -2.01. The van der Waals surface area contributed by atoms with E-state index in [1.54, 1.807) is 6.20 Å². The maximum atomic E-state index is 11.6. The summed E-state index contributed by atoms with van der Waals surface area (Å²) in [5.41, 5.74) is 0.520. The van der Waals surface area contributed by atoms with Gasteiger partial charge < -0.3 is 20.7 Å². The molecule has 1 aliphatic rings. The fourth-order valence-electron chi connectivity index (χ4n) is 2.53. The van der Waals surface area contributed by atoms with Crippen molar-refractivity contribution in [2.24, 2.45) is 0 Å². The summed E-state index contributed by atoms with van der Waals surface area (Å²) in [7, 11) is 0. The summed E-state index contributed by atoms with van der Waals surface area (Å²) in [6.07, 6.45) is 3.69. The molecule has 1 aliphatic heterocycles. The molecule has 3 rings (SSSR count). The monoisotopic (exact) mass is 259 g/mol. The Labute approximate surface area is 110 Å². The van der Waals surface area contributed by atoms with Crippen molar-refractivity contribution in [3.8, 4) is 5.75 Å². The van der Waals surface area contributed by atoms with Gasteiger partial charge in [0.2, 0.25) is 0 Å². The van der Waals surface area contributed by atoms with E-state index in [1.807, 2.05) is 12.1 Å². The van der Waals surface area contributed by atoms with Crippen LogP contribution in [0, 0.1) is 0 Å². The highest BCUT2D eigenvalue weighted by Crippen LogP contribution is 2.29. The lowest BCUT2D eigenvalue weighted by Gasteiger charge is -2.25. The number of aromatic hydroxyl groups is 1. The molecule has 2 heterocycles. The van der Waals surface area contributed by atoms with Gasteiger partial charge in [0.1, 0.15) is 5.75 Å². The third-order valence-electron chi connectivity index (χ3n) is 3.59. The van der Waals surface area contributed by atoms with E-state index in [4.69, 9.17) is 0 Å². The molecule has 0 aliphatic carbocycles. The zero-order valence-electron chi connectivity index (χ0n) is 10.6. The van der Waals surface area contributed by atoms with Crippen LogP contribution in [-0.4, -0.2) is 29.2 Å². The van der Waals surface area contributed by atoms with Crippen LogP contribution >= 0.6 is 0 Å². The fourth-order valence-corrected chi connectivity index (χ4v) is 2.53. The number of piperidine rings is 1. The van der Waals surface area contributed by atoms with Crippen molar-refractivity contribution in [1.29, 1.82) is 0 Å². The first-order chi connectivity index (χ1) is 9.24. The number of hydrogen-bond donors (Lipinski definition) is 4. The van der Waals surface area contributed by atoms with Crippen LogP contribution in [0.2, 0.25) is 0 Å². The van der Waals surface area contributed by atoms with Crippen molar-refractivity contribution in [3.05, 3.63) is 34.7 Å². The summed E-state index contributed by atoms with van der Waals surface area (Å²) < 4.78 is 0. The molecule has 0 unspecified atom stereocenters. The van der Waals surface area contributed by atoms with Crippen LogP contribution in [0.5, 0.6) is 5.75 Å². The van der Waals surface area contributed by atoms with E-state index in [0.29, 0.717) is 17.1 Å². The van der Waals surface area contributed by atoms with E-state index < -0.39 is 0 Å². The van der Waals surface area contributed by atoms with E-state index in [2.05, 4.69) is 15.6 Å². The van der Waals surface area contributed by atoms with Crippen LogP contribution in [0.1, 0.15) is 12.8 Å². The number of fused-ring (bicyclic) bond motifs is 1. The second-order valence-corrected chi connectivity index (χ2v) is 4.93. The Morgan fingerprint density at radius 3 is 2.84 bits per heavy atom. The van der Waals surface area contributed by atoms with Crippen LogP contribution in [0.15, 0.2) is 29.2 Å². The molecule has 5 nitrogen and oxygen atoms in total. The zero-order valence-corrected chi connectivity index (χ0v) is 10.6. The van der Waals surface area contributed by atoms with Gasteiger partial charge in [-0.05, 0) is 49.5 Å². The van der Waals surface area contributed by atoms with Crippen molar-refractivity contribution >= 4 is 16.5 Å². The summed E-state index contributed by atoms with van der Waals surface area (Å²) in [4.78, 5) is 14.2. The number of pyridine rings is 1. The molecule has 5 heteroatoms. The normalized spacial score (nSPS) is 16.6. The fraction of sp³-hybridized carbons (Fsp3) is 0.357. The standard InChI is InChI=1S/C14H17N3O2/c18-13-8-11-9(1-6-16-14(11)19)7-12(13)17-10-2-4-15-5-3-10/h1,6-8,10,15,17-18H,2-5H2,(H,16,19). The van der Waals surface area contributed by atoms with Crippen molar-refractivity contribution in [2.75, 3.05) is 18.4 Å². The predicted molar refractivity (Wildman–Crippen MR) is 75.7 cm³/mol. The lowest BCUT2D eigenvalue weighted by molar-refractivity contribution is 0.463. The van der Waals surface area contributed by atoms with Gasteiger partial charge in [-0.1, -0.05) is 0 Å². The van der Waals surface area contributed by atoms with Gasteiger partial charge in [-0.3, -0.25) is 4.79 Å². The smallest absolute Gasteiger partial charge is 0.255 e. The van der Waals surface area contributed by atoms with Crippen molar-refractivity contribution in [3.63, 3.8) is 0 Å². The number of rotatable bonds is 2. The lowest BCUT2D eigenvalue weighted by Crippen LogP contribution is -2.35. The van der Waals surface area contributed by atoms with Crippen LogP contribution in [-0.2, 0) is 0 Å². The first-order valence-corrected chi connectivity index (χ1v) is 6.56. The number of benzene rings is 1. The van der Waals surface area contributed by atoms with Gasteiger partial charge in [0.25, 0.3) is 5.56 Å². The molecule has 100 valence electrons. The maximum absolute atomic E-state index is 11.6. The van der Waals surface area contributed by atoms with Crippen molar-refractivity contribution in [2.45, 2.75) is 18.9 Å². The molecule has 0 bridgehead atoms. The highest BCUT2D eigenvalue weighted by Gasteiger charge is 2.14. The topological polar surface area (TPSA) is 77.2 Å². The molecule has 1 aromatic heterocycles. The number of H-pyrrole nitrogens is 1. The number of phenolic OH excluding ortho intramolecular Hbond substituents is 1. The lowest BCUT2D eigenvalue weighted by atomic mass is 10.1. The molecular weight excluding hydrogens is 242 g/mol. The second-order valence-electron chi connectivity index (χ2n) is 4.93. The van der Waals surface area contributed by atoms with Gasteiger partial charge in [-0.2, -0.15) is 0 Å². The number of anilines is 1. The first-order valence-electron chi connectivity index (χ1n) is 6.56. The molecule has 1 fully saturated rings. The molecule has 1 aromatic carbocycles. The summed E-state index contributed by atoms with van der Waals surface area (Å²) in [6.45, 7) is 1.98. The Balaban J connectivity index is 1.95. The molecule has 0 atom stereocenters. The maximum Gasteiger partial charge on any atom is 0.255 e. The highest BCUT2D eigenvalue weighted by molar-refractivity contribution is 5.87. The second kappa shape index (κ2) is 4.93. The number of aromatic amines is 1. The molecule has 2 aromatic rings. The minimum Gasteiger partial charge on any atom is -0.506 e. The van der Waals surface area contributed by atoms with Gasteiger partial charge in [-0.25, -0.2) is 0 Å². The van der Waals surface area contributed by atoms with Crippen LogP contribution in [0.3, 0.4) is 0 Å². The van der Waals surface area contributed by atoms with E-state index >= 15 is 0 Å². The van der Waals surface area contributed by atoms with Gasteiger partial charge in [0.15, 0.2) is 0 Å².